The van der Waals surface area contributed by atoms with Crippen molar-refractivity contribution in [2.45, 2.75) is 32.4 Å². The maximum Gasteiger partial charge on any atom is 0.337 e. The Hall–Kier alpha value is -5.70. The number of pyridine rings is 1. The monoisotopic (exact) mass is 749 g/mol. The molecule has 2 aliphatic rings. The van der Waals surface area contributed by atoms with Crippen LogP contribution in [0, 0.1) is 6.92 Å². The Bertz CT molecular complexity index is 2220. The molecule has 1 atom stereocenters. The van der Waals surface area contributed by atoms with E-state index in [4.69, 9.17) is 23.9 Å². The molecule has 0 spiro atoms. The van der Waals surface area contributed by atoms with E-state index in [-0.39, 0.29) is 57.8 Å². The average molecular weight is 750 g/mol. The summed E-state index contributed by atoms with van der Waals surface area (Å²) >= 11 is 1.54. The van der Waals surface area contributed by atoms with E-state index in [9.17, 15) is 19.2 Å². The molecule has 3 amide bonds. The van der Waals surface area contributed by atoms with Crippen LogP contribution >= 0.6 is 11.3 Å². The van der Waals surface area contributed by atoms with E-state index in [1.807, 2.05) is 43.4 Å². The summed E-state index contributed by atoms with van der Waals surface area (Å²) < 4.78 is 23.2. The predicted molar refractivity (Wildman–Crippen MR) is 203 cm³/mol. The summed E-state index contributed by atoms with van der Waals surface area (Å²) in [5.74, 6) is 0.378. The molecule has 278 valence electrons. The second kappa shape index (κ2) is 16.1. The summed E-state index contributed by atoms with van der Waals surface area (Å²) in [5.41, 5.74) is 6.37. The molecule has 1 saturated heterocycles. The van der Waals surface area contributed by atoms with Crippen LogP contribution in [0.25, 0.3) is 31.9 Å². The molecule has 4 heterocycles. The highest BCUT2D eigenvalue weighted by Crippen LogP contribution is 2.36. The fourth-order valence-electron chi connectivity index (χ4n) is 6.38. The zero-order valence-corrected chi connectivity index (χ0v) is 30.9. The van der Waals surface area contributed by atoms with E-state index in [0.717, 1.165) is 48.9 Å². The van der Waals surface area contributed by atoms with Crippen LogP contribution in [-0.2, 0) is 30.4 Å². The Morgan fingerprint density at radius 2 is 1.69 bits per heavy atom. The van der Waals surface area contributed by atoms with Gasteiger partial charge in [0.25, 0.3) is 5.91 Å². The molecule has 0 aliphatic carbocycles. The van der Waals surface area contributed by atoms with Gasteiger partial charge in [-0.2, -0.15) is 0 Å². The highest BCUT2D eigenvalue weighted by molar-refractivity contribution is 7.21. The number of piperidine rings is 1. The quantitative estimate of drug-likeness (QED) is 0.0693. The van der Waals surface area contributed by atoms with Gasteiger partial charge in [-0.05, 0) is 72.5 Å². The number of rotatable bonds is 14. The molecule has 7 rings (SSSR count). The van der Waals surface area contributed by atoms with Crippen LogP contribution in [0.3, 0.4) is 0 Å². The van der Waals surface area contributed by atoms with Crippen molar-refractivity contribution in [2.75, 3.05) is 52.0 Å². The van der Waals surface area contributed by atoms with Crippen LogP contribution < -0.4 is 19.7 Å². The third-order valence-corrected chi connectivity index (χ3v) is 10.2. The number of aromatic nitrogens is 2. The summed E-state index contributed by atoms with van der Waals surface area (Å²) in [6.07, 6.45) is 2.40. The summed E-state index contributed by atoms with van der Waals surface area (Å²) in [6.45, 7) is 3.12. The Morgan fingerprint density at radius 1 is 0.907 bits per heavy atom. The maximum atomic E-state index is 12.9. The van der Waals surface area contributed by atoms with Crippen LogP contribution in [-0.4, -0.2) is 91.7 Å². The molecule has 1 fully saturated rings. The molecule has 1 N–H and O–H groups in total. The zero-order chi connectivity index (χ0) is 37.8. The zero-order valence-electron chi connectivity index (χ0n) is 30.1. The lowest BCUT2D eigenvalue weighted by atomic mass is 10.0. The van der Waals surface area contributed by atoms with Crippen LogP contribution in [0.2, 0.25) is 0 Å². The van der Waals surface area contributed by atoms with E-state index >= 15 is 0 Å². The smallest absolute Gasteiger partial charge is 0.337 e. The van der Waals surface area contributed by atoms with Gasteiger partial charge in [0.05, 0.1) is 30.0 Å². The van der Waals surface area contributed by atoms with Gasteiger partial charge in [0.1, 0.15) is 41.6 Å². The van der Waals surface area contributed by atoms with E-state index in [1.54, 1.807) is 24.3 Å². The summed E-state index contributed by atoms with van der Waals surface area (Å²) in [5, 5.41) is 3.19. The van der Waals surface area contributed by atoms with Crippen molar-refractivity contribution in [1.82, 2.24) is 20.2 Å². The van der Waals surface area contributed by atoms with Gasteiger partial charge in [0.15, 0.2) is 0 Å². The summed E-state index contributed by atoms with van der Waals surface area (Å²) in [4.78, 5) is 61.9. The summed E-state index contributed by atoms with van der Waals surface area (Å²) in [6, 6.07) is 20.3. The minimum atomic E-state index is -0.664. The largest absolute Gasteiger partial charge is 0.491 e. The normalized spacial score (nSPS) is 15.4. The number of carbonyl (C=O) groups is 4. The number of amides is 3. The molecule has 0 bridgehead atoms. The molecule has 1 unspecified atom stereocenters. The number of ether oxygens (including phenoxy) is 4. The predicted octanol–water partition coefficient (Wildman–Crippen LogP) is 5.18. The number of aryl methyl sites for hydroxylation is 1. The molecule has 2 aromatic heterocycles. The Kier molecular flexibility index (Phi) is 10.9. The number of carbonyl (C=O) groups excluding carboxylic acids is 4. The minimum Gasteiger partial charge on any atom is -0.491 e. The Labute approximate surface area is 315 Å². The standard InChI is InChI=1S/C40H39N5O8S/c1-24-18-25(26-5-12-35(41-21-26)44(2)3)4-8-30(24)39-42-32-10-7-29(20-34(32)54-39)53-37(47)23-51-15-14-50-16-17-52-28-6-9-31-27(19-28)22-45(40(31)49)33-11-13-36(46)43-38(33)48/h4-10,12,18-21,33H,11,13-17,22-23H2,1-3H3,(H,43,46,48). The highest BCUT2D eigenvalue weighted by atomic mass is 32.1. The number of hydrogen-bond acceptors (Lipinski definition) is 12. The molecule has 14 heteroatoms. The van der Waals surface area contributed by atoms with Crippen LogP contribution in [0.1, 0.15) is 34.3 Å². The van der Waals surface area contributed by atoms with Crippen molar-refractivity contribution in [1.29, 1.82) is 0 Å². The number of imide groups is 1. The van der Waals surface area contributed by atoms with Crippen molar-refractivity contribution in [2.24, 2.45) is 0 Å². The molecule has 13 nitrogen and oxygen atoms in total. The first-order valence-corrected chi connectivity index (χ1v) is 18.4. The van der Waals surface area contributed by atoms with Gasteiger partial charge < -0.3 is 28.7 Å². The molecular formula is C40H39N5O8S. The fraction of sp³-hybridized carbons (Fsp3) is 0.300. The number of nitrogens with zero attached hydrogens (tertiary/aromatic N) is 4. The molecule has 0 saturated carbocycles. The van der Waals surface area contributed by atoms with Gasteiger partial charge in [-0.3, -0.25) is 19.7 Å². The molecular weight excluding hydrogens is 711 g/mol. The van der Waals surface area contributed by atoms with Gasteiger partial charge in [-0.15, -0.1) is 11.3 Å². The number of anilines is 1. The first kappa shape index (κ1) is 36.6. The van der Waals surface area contributed by atoms with E-state index in [0.29, 0.717) is 23.5 Å². The lowest BCUT2D eigenvalue weighted by molar-refractivity contribution is -0.140. The van der Waals surface area contributed by atoms with E-state index in [2.05, 4.69) is 41.5 Å². The number of benzene rings is 3. The molecule has 2 aliphatic heterocycles. The van der Waals surface area contributed by atoms with Crippen molar-refractivity contribution in [3.8, 4) is 33.2 Å². The Morgan fingerprint density at radius 3 is 2.46 bits per heavy atom. The second-order valence-corrected chi connectivity index (χ2v) is 14.2. The molecule has 5 aromatic rings. The Balaban J connectivity index is 0.817. The minimum absolute atomic E-state index is 0.194. The fourth-order valence-corrected chi connectivity index (χ4v) is 7.47. The molecule has 54 heavy (non-hydrogen) atoms. The van der Waals surface area contributed by atoms with Crippen LogP contribution in [0.4, 0.5) is 5.82 Å². The van der Waals surface area contributed by atoms with Crippen molar-refractivity contribution in [3.05, 3.63) is 89.6 Å². The number of fused-ring (bicyclic) bond motifs is 2. The molecule has 0 radical (unpaired) electrons. The van der Waals surface area contributed by atoms with E-state index in [1.165, 1.54) is 16.2 Å². The van der Waals surface area contributed by atoms with Gasteiger partial charge in [0.2, 0.25) is 11.8 Å². The van der Waals surface area contributed by atoms with Crippen molar-refractivity contribution >= 4 is 51.1 Å². The third kappa shape index (κ3) is 8.25. The highest BCUT2D eigenvalue weighted by Gasteiger charge is 2.39. The second-order valence-electron chi connectivity index (χ2n) is 13.2. The van der Waals surface area contributed by atoms with Gasteiger partial charge in [-0.25, -0.2) is 14.8 Å². The maximum absolute atomic E-state index is 12.9. The van der Waals surface area contributed by atoms with Crippen molar-refractivity contribution < 1.29 is 38.1 Å². The topological polar surface area (TPSA) is 149 Å². The number of esters is 1. The SMILES string of the molecule is Cc1cc(-c2ccc(N(C)C)nc2)ccc1-c1nc2ccc(OC(=O)COCCOCCOc3ccc4c(c3)CN(C3CCC(=O)NC3=O)C4=O)cc2s1. The first-order chi connectivity index (χ1) is 26.1. The number of thiazole rings is 1. The van der Waals surface area contributed by atoms with Gasteiger partial charge in [-0.1, -0.05) is 18.2 Å². The van der Waals surface area contributed by atoms with Gasteiger partial charge in [0, 0.05) is 56.0 Å². The average Bonchev–Trinajstić information content (AvgIpc) is 3.72. The van der Waals surface area contributed by atoms with Crippen molar-refractivity contribution in [3.63, 3.8) is 0 Å². The van der Waals surface area contributed by atoms with Crippen LogP contribution in [0.15, 0.2) is 72.9 Å². The summed E-state index contributed by atoms with van der Waals surface area (Å²) in [7, 11) is 3.93. The van der Waals surface area contributed by atoms with Gasteiger partial charge >= 0.3 is 5.97 Å². The first-order valence-electron chi connectivity index (χ1n) is 17.5. The third-order valence-electron chi connectivity index (χ3n) is 9.17. The van der Waals surface area contributed by atoms with Crippen LogP contribution in [0.5, 0.6) is 11.5 Å². The lowest BCUT2D eigenvalue weighted by Crippen LogP contribution is -2.52. The molecule has 3 aromatic carbocycles. The lowest BCUT2D eigenvalue weighted by Gasteiger charge is -2.29. The number of hydrogen-bond donors (Lipinski definition) is 1. The number of nitrogens with one attached hydrogen (secondary N) is 1. The van der Waals surface area contributed by atoms with E-state index < -0.39 is 17.9 Å².